The summed E-state index contributed by atoms with van der Waals surface area (Å²) in [5.74, 6) is 0.355. The predicted octanol–water partition coefficient (Wildman–Crippen LogP) is 3.07. The van der Waals surface area contributed by atoms with Crippen LogP contribution in [-0.4, -0.2) is 45.5 Å². The third-order valence-corrected chi connectivity index (χ3v) is 4.64. The minimum atomic E-state index is -0.387. The Morgan fingerprint density at radius 2 is 2.11 bits per heavy atom. The lowest BCUT2D eigenvalue weighted by Gasteiger charge is -2.12. The summed E-state index contributed by atoms with van der Waals surface area (Å²) in [5.41, 5.74) is 0.856. The second kappa shape index (κ2) is 9.88. The maximum absolute atomic E-state index is 12.4. The first-order valence-electron chi connectivity index (χ1n) is 9.38. The van der Waals surface area contributed by atoms with E-state index in [0.29, 0.717) is 19.8 Å². The van der Waals surface area contributed by atoms with Gasteiger partial charge in [-0.1, -0.05) is 30.3 Å². The van der Waals surface area contributed by atoms with E-state index in [1.165, 1.54) is 0 Å². The second-order valence-electron chi connectivity index (χ2n) is 6.55. The number of carbonyl (C=O) groups is 1. The van der Waals surface area contributed by atoms with Gasteiger partial charge in [-0.2, -0.15) is 5.26 Å². The molecule has 0 unspecified atom stereocenters. The molecule has 146 valence electrons. The quantitative estimate of drug-likeness (QED) is 0.432. The van der Waals surface area contributed by atoms with E-state index in [0.717, 1.165) is 41.5 Å². The van der Waals surface area contributed by atoms with Crippen LogP contribution in [0.15, 0.2) is 42.0 Å². The monoisotopic (exact) mass is 380 g/mol. The zero-order valence-corrected chi connectivity index (χ0v) is 15.9. The standard InChI is InChI=1S/C22H24N2O4/c1-26-11-12-28-21-9-8-16(19-6-2-3-7-20(19)21)13-17(14-23)22(25)24-15-18-5-4-10-27-18/h2-3,6-9,13,18H,4-5,10-12,15H2,1H3,(H,24,25)/b17-13+/t18-/m0/s1. The number of carbonyl (C=O) groups excluding carboxylic acids is 1. The first-order valence-corrected chi connectivity index (χ1v) is 9.38. The third-order valence-electron chi connectivity index (χ3n) is 4.64. The van der Waals surface area contributed by atoms with Gasteiger partial charge in [0.05, 0.1) is 12.7 Å². The molecule has 28 heavy (non-hydrogen) atoms. The van der Waals surface area contributed by atoms with Gasteiger partial charge in [-0.25, -0.2) is 0 Å². The first kappa shape index (κ1) is 19.9. The summed E-state index contributed by atoms with van der Waals surface area (Å²) in [5, 5.41) is 14.1. The average Bonchev–Trinajstić information content (AvgIpc) is 3.25. The lowest BCUT2D eigenvalue weighted by Crippen LogP contribution is -2.32. The summed E-state index contributed by atoms with van der Waals surface area (Å²) in [4.78, 5) is 12.4. The number of nitrogens with zero attached hydrogens (tertiary/aromatic N) is 1. The van der Waals surface area contributed by atoms with Crippen LogP contribution in [0.25, 0.3) is 16.8 Å². The molecule has 0 bridgehead atoms. The highest BCUT2D eigenvalue weighted by Gasteiger charge is 2.18. The van der Waals surface area contributed by atoms with Crippen LogP contribution in [0.3, 0.4) is 0 Å². The van der Waals surface area contributed by atoms with Gasteiger partial charge in [0.1, 0.15) is 24.0 Å². The molecule has 0 aliphatic carbocycles. The van der Waals surface area contributed by atoms with Crippen molar-refractivity contribution in [2.24, 2.45) is 0 Å². The Morgan fingerprint density at radius 3 is 2.82 bits per heavy atom. The van der Waals surface area contributed by atoms with Crippen molar-refractivity contribution in [1.29, 1.82) is 5.26 Å². The van der Waals surface area contributed by atoms with E-state index in [2.05, 4.69) is 5.32 Å². The third kappa shape index (κ3) is 4.89. The van der Waals surface area contributed by atoms with Gasteiger partial charge in [0, 0.05) is 25.6 Å². The van der Waals surface area contributed by atoms with E-state index in [9.17, 15) is 10.1 Å². The fraction of sp³-hybridized carbons (Fsp3) is 0.364. The average molecular weight is 380 g/mol. The molecule has 0 radical (unpaired) electrons. The van der Waals surface area contributed by atoms with Crippen LogP contribution < -0.4 is 10.1 Å². The van der Waals surface area contributed by atoms with Crippen molar-refractivity contribution in [2.45, 2.75) is 18.9 Å². The van der Waals surface area contributed by atoms with Crippen LogP contribution >= 0.6 is 0 Å². The highest BCUT2D eigenvalue weighted by molar-refractivity contribution is 6.04. The van der Waals surface area contributed by atoms with Crippen molar-refractivity contribution in [2.75, 3.05) is 33.5 Å². The largest absolute Gasteiger partial charge is 0.491 e. The molecule has 1 N–H and O–H groups in total. The summed E-state index contributed by atoms with van der Waals surface area (Å²) in [6, 6.07) is 13.5. The van der Waals surface area contributed by atoms with Crippen molar-refractivity contribution in [3.63, 3.8) is 0 Å². The number of fused-ring (bicyclic) bond motifs is 1. The number of benzene rings is 2. The molecule has 2 aromatic rings. The molecule has 6 heteroatoms. The zero-order chi connectivity index (χ0) is 19.8. The number of methoxy groups -OCH3 is 1. The molecule has 1 fully saturated rings. The van der Waals surface area contributed by atoms with Gasteiger partial charge in [-0.05, 0) is 35.9 Å². The van der Waals surface area contributed by atoms with E-state index in [4.69, 9.17) is 14.2 Å². The van der Waals surface area contributed by atoms with E-state index >= 15 is 0 Å². The Bertz CT molecular complexity index is 895. The van der Waals surface area contributed by atoms with Crippen LogP contribution in [0, 0.1) is 11.3 Å². The van der Waals surface area contributed by atoms with Crippen LogP contribution in [-0.2, 0) is 14.3 Å². The number of amides is 1. The van der Waals surface area contributed by atoms with Gasteiger partial charge in [0.25, 0.3) is 5.91 Å². The van der Waals surface area contributed by atoms with Crippen molar-refractivity contribution < 1.29 is 19.0 Å². The minimum absolute atomic E-state index is 0.0354. The molecule has 1 atom stereocenters. The Balaban J connectivity index is 1.81. The molecule has 1 aliphatic rings. The highest BCUT2D eigenvalue weighted by Crippen LogP contribution is 2.30. The number of hydrogen-bond donors (Lipinski definition) is 1. The topological polar surface area (TPSA) is 80.6 Å². The molecule has 6 nitrogen and oxygen atoms in total. The van der Waals surface area contributed by atoms with Crippen LogP contribution in [0.4, 0.5) is 0 Å². The van der Waals surface area contributed by atoms with Crippen LogP contribution in [0.2, 0.25) is 0 Å². The smallest absolute Gasteiger partial charge is 0.262 e. The van der Waals surface area contributed by atoms with Crippen molar-refractivity contribution in [3.8, 4) is 11.8 Å². The minimum Gasteiger partial charge on any atom is -0.491 e. The summed E-state index contributed by atoms with van der Waals surface area (Å²) in [7, 11) is 1.63. The van der Waals surface area contributed by atoms with Crippen molar-refractivity contribution >= 4 is 22.8 Å². The van der Waals surface area contributed by atoms with E-state index < -0.39 is 0 Å². The van der Waals surface area contributed by atoms with Gasteiger partial charge in [0.15, 0.2) is 0 Å². The summed E-state index contributed by atoms with van der Waals surface area (Å²) in [6.07, 6.45) is 3.59. The first-order chi connectivity index (χ1) is 13.7. The van der Waals surface area contributed by atoms with E-state index in [1.54, 1.807) is 13.2 Å². The van der Waals surface area contributed by atoms with Crippen molar-refractivity contribution in [1.82, 2.24) is 5.32 Å². The molecule has 1 aliphatic heterocycles. The van der Waals surface area contributed by atoms with Gasteiger partial charge in [-0.15, -0.1) is 0 Å². The fourth-order valence-electron chi connectivity index (χ4n) is 3.19. The lowest BCUT2D eigenvalue weighted by molar-refractivity contribution is -0.117. The lowest BCUT2D eigenvalue weighted by atomic mass is 10.0. The van der Waals surface area contributed by atoms with Gasteiger partial charge in [0.2, 0.25) is 0 Å². The van der Waals surface area contributed by atoms with E-state index in [-0.39, 0.29) is 17.6 Å². The van der Waals surface area contributed by atoms with Gasteiger partial charge >= 0.3 is 0 Å². The van der Waals surface area contributed by atoms with Crippen molar-refractivity contribution in [3.05, 3.63) is 47.5 Å². The van der Waals surface area contributed by atoms with Gasteiger partial charge in [-0.3, -0.25) is 4.79 Å². The molecule has 0 spiro atoms. The number of ether oxygens (including phenoxy) is 3. The summed E-state index contributed by atoms with van der Waals surface area (Å²) >= 11 is 0. The molecule has 1 saturated heterocycles. The fourth-order valence-corrected chi connectivity index (χ4v) is 3.19. The zero-order valence-electron chi connectivity index (χ0n) is 15.9. The molecule has 3 rings (SSSR count). The maximum atomic E-state index is 12.4. The molecule has 2 aromatic carbocycles. The number of rotatable bonds is 8. The molecule has 1 heterocycles. The van der Waals surface area contributed by atoms with Gasteiger partial charge < -0.3 is 19.5 Å². The number of nitriles is 1. The molecular weight excluding hydrogens is 356 g/mol. The normalized spacial score (nSPS) is 16.7. The SMILES string of the molecule is COCCOc1ccc(/C=C(\C#N)C(=O)NC[C@@H]2CCCO2)c2ccccc12. The Kier molecular flexibility index (Phi) is 7.01. The second-order valence-corrected chi connectivity index (χ2v) is 6.55. The Labute approximate surface area is 164 Å². The molecular formula is C22H24N2O4. The molecule has 0 aromatic heterocycles. The van der Waals surface area contributed by atoms with E-state index in [1.807, 2.05) is 42.5 Å². The predicted molar refractivity (Wildman–Crippen MR) is 107 cm³/mol. The Morgan fingerprint density at radius 1 is 1.29 bits per heavy atom. The summed E-state index contributed by atoms with van der Waals surface area (Å²) < 4.78 is 16.3. The van der Waals surface area contributed by atoms with Crippen LogP contribution in [0.1, 0.15) is 18.4 Å². The Hall–Kier alpha value is -2.88. The molecule has 1 amide bonds. The van der Waals surface area contributed by atoms with Crippen LogP contribution in [0.5, 0.6) is 5.75 Å². The maximum Gasteiger partial charge on any atom is 0.262 e. The summed E-state index contributed by atoms with van der Waals surface area (Å²) in [6.45, 7) is 2.10. The number of hydrogen-bond acceptors (Lipinski definition) is 5. The highest BCUT2D eigenvalue weighted by atomic mass is 16.5. The molecule has 0 saturated carbocycles. The number of nitrogens with one attached hydrogen (secondary N) is 1.